The minimum Gasteiger partial charge on any atom is -0.360 e. The third-order valence-corrected chi connectivity index (χ3v) is 7.99. The summed E-state index contributed by atoms with van der Waals surface area (Å²) in [5, 5.41) is 13.9. The molecule has 0 bridgehead atoms. The van der Waals surface area contributed by atoms with Gasteiger partial charge in [-0.1, -0.05) is 17.3 Å². The van der Waals surface area contributed by atoms with E-state index in [1.807, 2.05) is 24.3 Å². The maximum absolute atomic E-state index is 13.2. The van der Waals surface area contributed by atoms with Gasteiger partial charge in [-0.15, -0.1) is 0 Å². The lowest BCUT2D eigenvalue weighted by Crippen LogP contribution is -2.46. The van der Waals surface area contributed by atoms with E-state index in [0.717, 1.165) is 76.0 Å². The topological polar surface area (TPSA) is 99.5 Å². The van der Waals surface area contributed by atoms with Crippen LogP contribution in [-0.2, 0) is 0 Å². The smallest absolute Gasteiger partial charge is 0.273 e. The largest absolute Gasteiger partial charge is 0.360 e. The van der Waals surface area contributed by atoms with Crippen LogP contribution in [-0.4, -0.2) is 60.1 Å². The maximum Gasteiger partial charge on any atom is 0.273 e. The Morgan fingerprint density at radius 2 is 1.78 bits per heavy atom. The van der Waals surface area contributed by atoms with Crippen molar-refractivity contribution in [3.8, 4) is 0 Å². The van der Waals surface area contributed by atoms with Gasteiger partial charge < -0.3 is 25.4 Å². The standard InChI is InChI=1S/C28H39N5O3/c1-18(2)33-14-10-23(11-15-33)30-27(34)22-5-3-4-21(16-22)26(20-8-12-29-13-9-20)31-28(35)24-17-25(36-32-24)19-6-7-19/h3-5,16-20,23,26,29H,6-15H2,1-2H3,(H,30,34)(H,31,35). The normalized spacial score (nSPS) is 20.9. The second-order valence-corrected chi connectivity index (χ2v) is 10.9. The number of carbonyl (C=O) groups is 2. The molecule has 3 N–H and O–H groups in total. The molecule has 8 heteroatoms. The highest BCUT2D eigenvalue weighted by Crippen LogP contribution is 2.40. The lowest BCUT2D eigenvalue weighted by molar-refractivity contribution is 0.0898. The molecule has 3 aliphatic rings. The van der Waals surface area contributed by atoms with Gasteiger partial charge in [0.15, 0.2) is 5.69 Å². The summed E-state index contributed by atoms with van der Waals surface area (Å²) in [6.45, 7) is 8.30. The van der Waals surface area contributed by atoms with Crippen LogP contribution in [0.5, 0.6) is 0 Å². The molecule has 1 unspecified atom stereocenters. The molecule has 1 aromatic carbocycles. The Balaban J connectivity index is 1.29. The van der Waals surface area contributed by atoms with Gasteiger partial charge in [-0.2, -0.15) is 0 Å². The molecule has 1 saturated carbocycles. The Labute approximate surface area is 213 Å². The van der Waals surface area contributed by atoms with E-state index < -0.39 is 0 Å². The quantitative estimate of drug-likeness (QED) is 0.519. The number of carbonyl (C=O) groups excluding carboxylic acids is 2. The zero-order chi connectivity index (χ0) is 25.1. The van der Waals surface area contributed by atoms with Crippen molar-refractivity contribution in [2.45, 2.75) is 76.4 Å². The minimum atomic E-state index is -0.221. The van der Waals surface area contributed by atoms with E-state index >= 15 is 0 Å². The predicted octanol–water partition coefficient (Wildman–Crippen LogP) is 3.63. The van der Waals surface area contributed by atoms with Crippen molar-refractivity contribution >= 4 is 11.8 Å². The molecule has 2 aliphatic heterocycles. The number of piperidine rings is 2. The summed E-state index contributed by atoms with van der Waals surface area (Å²) in [6, 6.07) is 10.1. The van der Waals surface area contributed by atoms with Crippen LogP contribution < -0.4 is 16.0 Å². The summed E-state index contributed by atoms with van der Waals surface area (Å²) in [5.74, 6) is 1.23. The van der Waals surface area contributed by atoms with Crippen molar-refractivity contribution in [3.63, 3.8) is 0 Å². The number of likely N-dealkylation sites (tertiary alicyclic amines) is 1. The van der Waals surface area contributed by atoms with E-state index in [1.165, 1.54) is 0 Å². The zero-order valence-electron chi connectivity index (χ0n) is 21.5. The van der Waals surface area contributed by atoms with Crippen molar-refractivity contribution < 1.29 is 14.1 Å². The van der Waals surface area contributed by atoms with E-state index in [4.69, 9.17) is 4.52 Å². The van der Waals surface area contributed by atoms with Gasteiger partial charge in [0.1, 0.15) is 5.76 Å². The number of hydrogen-bond donors (Lipinski definition) is 3. The fraction of sp³-hybridized carbons (Fsp3) is 0.607. The minimum absolute atomic E-state index is 0.0409. The molecule has 194 valence electrons. The van der Waals surface area contributed by atoms with Gasteiger partial charge in [0.25, 0.3) is 11.8 Å². The summed E-state index contributed by atoms with van der Waals surface area (Å²) in [4.78, 5) is 28.8. The van der Waals surface area contributed by atoms with Crippen LogP contribution in [0.3, 0.4) is 0 Å². The van der Waals surface area contributed by atoms with Crippen molar-refractivity contribution in [3.05, 3.63) is 52.9 Å². The number of hydrogen-bond acceptors (Lipinski definition) is 6. The zero-order valence-corrected chi connectivity index (χ0v) is 21.5. The molecule has 2 aromatic rings. The highest BCUT2D eigenvalue weighted by Gasteiger charge is 2.31. The number of benzene rings is 1. The molecular weight excluding hydrogens is 454 g/mol. The van der Waals surface area contributed by atoms with E-state index in [-0.39, 0.29) is 29.8 Å². The molecule has 0 spiro atoms. The molecular formula is C28H39N5O3. The first-order valence-electron chi connectivity index (χ1n) is 13.6. The SMILES string of the molecule is CC(C)N1CCC(NC(=O)c2cccc(C(NC(=O)c3cc(C4CC4)on3)C3CCNCC3)c2)CC1. The molecule has 1 aromatic heterocycles. The number of nitrogens with zero attached hydrogens (tertiary/aromatic N) is 2. The van der Waals surface area contributed by atoms with Crippen LogP contribution in [0.15, 0.2) is 34.9 Å². The molecule has 2 saturated heterocycles. The van der Waals surface area contributed by atoms with Gasteiger partial charge >= 0.3 is 0 Å². The number of nitrogens with one attached hydrogen (secondary N) is 3. The van der Waals surface area contributed by atoms with Crippen LogP contribution in [0.1, 0.15) is 96.5 Å². The molecule has 8 nitrogen and oxygen atoms in total. The second kappa shape index (κ2) is 11.1. The number of rotatable bonds is 8. The first-order chi connectivity index (χ1) is 17.5. The van der Waals surface area contributed by atoms with Gasteiger partial charge in [-0.25, -0.2) is 0 Å². The Kier molecular flexibility index (Phi) is 7.72. The first kappa shape index (κ1) is 25.0. The van der Waals surface area contributed by atoms with Crippen LogP contribution in [0.2, 0.25) is 0 Å². The predicted molar refractivity (Wildman–Crippen MR) is 138 cm³/mol. The van der Waals surface area contributed by atoms with E-state index in [0.29, 0.717) is 23.2 Å². The average Bonchev–Trinajstić information content (AvgIpc) is 3.64. The van der Waals surface area contributed by atoms with Crippen LogP contribution in [0.4, 0.5) is 0 Å². The molecule has 5 rings (SSSR count). The lowest BCUT2D eigenvalue weighted by Gasteiger charge is -2.35. The van der Waals surface area contributed by atoms with Gasteiger partial charge in [0.05, 0.1) is 6.04 Å². The molecule has 3 heterocycles. The maximum atomic E-state index is 13.2. The average molecular weight is 494 g/mol. The monoisotopic (exact) mass is 493 g/mol. The molecule has 36 heavy (non-hydrogen) atoms. The van der Waals surface area contributed by atoms with Crippen LogP contribution >= 0.6 is 0 Å². The van der Waals surface area contributed by atoms with Gasteiger partial charge in [0, 0.05) is 42.7 Å². The van der Waals surface area contributed by atoms with Gasteiger partial charge in [-0.05, 0) is 89.1 Å². The summed E-state index contributed by atoms with van der Waals surface area (Å²) >= 11 is 0. The van der Waals surface area contributed by atoms with Crippen molar-refractivity contribution in [2.75, 3.05) is 26.2 Å². The van der Waals surface area contributed by atoms with Crippen LogP contribution in [0, 0.1) is 5.92 Å². The summed E-state index contributed by atoms with van der Waals surface area (Å²) < 4.78 is 5.41. The number of amides is 2. The molecule has 0 radical (unpaired) electrons. The fourth-order valence-corrected chi connectivity index (χ4v) is 5.52. The van der Waals surface area contributed by atoms with Crippen LogP contribution in [0.25, 0.3) is 0 Å². The summed E-state index contributed by atoms with van der Waals surface area (Å²) in [6.07, 6.45) is 6.05. The first-order valence-corrected chi connectivity index (χ1v) is 13.6. The fourth-order valence-electron chi connectivity index (χ4n) is 5.52. The van der Waals surface area contributed by atoms with Gasteiger partial charge in [-0.3, -0.25) is 9.59 Å². The van der Waals surface area contributed by atoms with E-state index in [2.05, 4.69) is 39.9 Å². The van der Waals surface area contributed by atoms with Crippen molar-refractivity contribution in [2.24, 2.45) is 5.92 Å². The van der Waals surface area contributed by atoms with E-state index in [1.54, 1.807) is 6.07 Å². The lowest BCUT2D eigenvalue weighted by atomic mass is 9.85. The number of aromatic nitrogens is 1. The Morgan fingerprint density at radius 3 is 2.47 bits per heavy atom. The molecule has 3 fully saturated rings. The highest BCUT2D eigenvalue weighted by molar-refractivity contribution is 5.95. The van der Waals surface area contributed by atoms with Crippen molar-refractivity contribution in [1.82, 2.24) is 26.0 Å². The molecule has 1 atom stereocenters. The highest BCUT2D eigenvalue weighted by atomic mass is 16.5. The van der Waals surface area contributed by atoms with E-state index in [9.17, 15) is 9.59 Å². The third-order valence-electron chi connectivity index (χ3n) is 7.99. The summed E-state index contributed by atoms with van der Waals surface area (Å²) in [5.41, 5.74) is 1.94. The van der Waals surface area contributed by atoms with Gasteiger partial charge in [0.2, 0.25) is 0 Å². The molecule has 2 amide bonds. The second-order valence-electron chi connectivity index (χ2n) is 10.9. The third kappa shape index (κ3) is 5.98. The Morgan fingerprint density at radius 1 is 1.03 bits per heavy atom. The Bertz CT molecular complexity index is 1050. The van der Waals surface area contributed by atoms with Crippen molar-refractivity contribution in [1.29, 1.82) is 0 Å². The Hall–Kier alpha value is -2.71. The summed E-state index contributed by atoms with van der Waals surface area (Å²) in [7, 11) is 0. The molecule has 1 aliphatic carbocycles.